The second-order valence-electron chi connectivity index (χ2n) is 12.8. The highest BCUT2D eigenvalue weighted by Gasteiger charge is 2.51. The van der Waals surface area contributed by atoms with Gasteiger partial charge in [0.2, 0.25) is 0 Å². The number of carbonyl (C=O) groups is 1. The minimum absolute atomic E-state index is 0.0752. The standard InChI is InChI=1S/C34H62O13/c1-3-4-20-43-26(37)19-17-15-13-11-9-7-5-6-8-10-12-14-16-18-23(2)44-34-32(30(41)28(39)25(22-36)46-34)47-33-31(42)29(40)27(38)24(21-35)45-33/h5-6,23-25,27-36,38-42H,3-4,7-22H2,1-2H3/b6-5-/t23-,24-,25-,27-,28-,29+,30+,31-,32-,33+,34-/m1/s1. The summed E-state index contributed by atoms with van der Waals surface area (Å²) in [6.07, 6.45) is 4.30. The van der Waals surface area contributed by atoms with Crippen LogP contribution < -0.4 is 0 Å². The van der Waals surface area contributed by atoms with Gasteiger partial charge in [0.1, 0.15) is 48.8 Å². The molecule has 2 rings (SSSR count). The van der Waals surface area contributed by atoms with Crippen molar-refractivity contribution in [2.75, 3.05) is 19.8 Å². The van der Waals surface area contributed by atoms with Gasteiger partial charge in [-0.2, -0.15) is 0 Å². The lowest BCUT2D eigenvalue weighted by Crippen LogP contribution is -2.64. The molecule has 13 nitrogen and oxygen atoms in total. The van der Waals surface area contributed by atoms with Gasteiger partial charge in [0.05, 0.1) is 25.9 Å². The first kappa shape index (κ1) is 41.9. The Balaban J connectivity index is 1.62. The fourth-order valence-corrected chi connectivity index (χ4v) is 5.69. The van der Waals surface area contributed by atoms with Crippen LogP contribution in [0.1, 0.15) is 110 Å². The first-order chi connectivity index (χ1) is 22.6. The van der Waals surface area contributed by atoms with E-state index >= 15 is 0 Å². The van der Waals surface area contributed by atoms with Gasteiger partial charge in [-0.1, -0.05) is 64.0 Å². The molecular weight excluding hydrogens is 616 g/mol. The molecule has 0 bridgehead atoms. The first-order valence-electron chi connectivity index (χ1n) is 17.7. The van der Waals surface area contributed by atoms with E-state index in [0.717, 1.165) is 77.0 Å². The van der Waals surface area contributed by atoms with Crippen LogP contribution in [0.5, 0.6) is 0 Å². The molecule has 13 heteroatoms. The number of esters is 1. The monoisotopic (exact) mass is 678 g/mol. The topological polar surface area (TPSA) is 205 Å². The highest BCUT2D eigenvalue weighted by atomic mass is 16.8. The quantitative estimate of drug-likeness (QED) is 0.0444. The average Bonchev–Trinajstić information content (AvgIpc) is 3.06. The van der Waals surface area contributed by atoms with E-state index in [1.165, 1.54) is 6.42 Å². The second-order valence-corrected chi connectivity index (χ2v) is 12.8. The van der Waals surface area contributed by atoms with Crippen molar-refractivity contribution >= 4 is 5.97 Å². The van der Waals surface area contributed by atoms with Crippen molar-refractivity contribution in [2.45, 2.75) is 178 Å². The number of ether oxygens (including phenoxy) is 5. The fraction of sp³-hybridized carbons (Fsp3) is 0.912. The molecule has 0 amide bonds. The molecule has 0 spiro atoms. The van der Waals surface area contributed by atoms with Gasteiger partial charge >= 0.3 is 5.97 Å². The maximum Gasteiger partial charge on any atom is 0.305 e. The largest absolute Gasteiger partial charge is 0.466 e. The van der Waals surface area contributed by atoms with Crippen molar-refractivity contribution < 1.29 is 64.2 Å². The van der Waals surface area contributed by atoms with E-state index in [9.17, 15) is 40.5 Å². The summed E-state index contributed by atoms with van der Waals surface area (Å²) in [5.74, 6) is -0.0752. The van der Waals surface area contributed by atoms with E-state index in [1.807, 2.05) is 6.92 Å². The highest BCUT2D eigenvalue weighted by Crippen LogP contribution is 2.30. The summed E-state index contributed by atoms with van der Waals surface area (Å²) in [6.45, 7) is 3.22. The molecule has 0 aliphatic carbocycles. The van der Waals surface area contributed by atoms with Crippen molar-refractivity contribution in [3.05, 3.63) is 12.2 Å². The molecule has 2 fully saturated rings. The fourth-order valence-electron chi connectivity index (χ4n) is 5.69. The number of unbranched alkanes of at least 4 members (excludes halogenated alkanes) is 10. The zero-order valence-corrected chi connectivity index (χ0v) is 28.3. The molecule has 11 atom stereocenters. The number of aliphatic hydroxyl groups excluding tert-OH is 7. The SMILES string of the molecule is CCCCOC(=O)CCCCCCC/C=C\CCCCCC[C@@H](C)O[C@@H]1O[C@H](CO)[C@@H](O)[C@H](O)[C@H]1O[C@@H]1O[C@H](CO)[C@@H](O)[C@H](O)[C@H]1O. The molecule has 0 unspecified atom stereocenters. The van der Waals surface area contributed by atoms with E-state index in [4.69, 9.17) is 23.7 Å². The third-order valence-corrected chi connectivity index (χ3v) is 8.74. The van der Waals surface area contributed by atoms with Crippen LogP contribution in [-0.2, 0) is 28.5 Å². The summed E-state index contributed by atoms with van der Waals surface area (Å²) >= 11 is 0. The zero-order chi connectivity index (χ0) is 34.6. The predicted octanol–water partition coefficient (Wildman–Crippen LogP) is 1.99. The van der Waals surface area contributed by atoms with Gasteiger partial charge in [-0.15, -0.1) is 0 Å². The molecule has 7 N–H and O–H groups in total. The summed E-state index contributed by atoms with van der Waals surface area (Å²) < 4.78 is 28.0. The molecule has 0 saturated carbocycles. The van der Waals surface area contributed by atoms with E-state index in [-0.39, 0.29) is 12.1 Å². The van der Waals surface area contributed by atoms with Crippen molar-refractivity contribution in [3.8, 4) is 0 Å². The molecule has 2 aliphatic heterocycles. The minimum atomic E-state index is -1.71. The Morgan fingerprint density at radius 2 is 1.26 bits per heavy atom. The van der Waals surface area contributed by atoms with Gasteiger partial charge in [-0.3, -0.25) is 4.79 Å². The first-order valence-corrected chi connectivity index (χ1v) is 17.7. The van der Waals surface area contributed by atoms with E-state index in [0.29, 0.717) is 19.4 Å². The molecule has 0 aromatic rings. The normalized spacial score (nSPS) is 32.1. The molecule has 2 saturated heterocycles. The Hall–Kier alpha value is -1.23. The van der Waals surface area contributed by atoms with Crippen molar-refractivity contribution in [2.24, 2.45) is 0 Å². The van der Waals surface area contributed by atoms with Gasteiger partial charge < -0.3 is 59.4 Å². The van der Waals surface area contributed by atoms with Crippen molar-refractivity contribution in [1.29, 1.82) is 0 Å². The molecule has 0 radical (unpaired) electrons. The van der Waals surface area contributed by atoms with Crippen LogP contribution in [-0.4, -0.2) is 129 Å². The number of rotatable bonds is 24. The Morgan fingerprint density at radius 3 is 1.87 bits per heavy atom. The Bertz CT molecular complexity index is 843. The average molecular weight is 679 g/mol. The Morgan fingerprint density at radius 1 is 0.702 bits per heavy atom. The number of hydrogen-bond acceptors (Lipinski definition) is 13. The lowest BCUT2D eigenvalue weighted by Gasteiger charge is -2.46. The maximum atomic E-state index is 11.6. The maximum absolute atomic E-state index is 11.6. The van der Waals surface area contributed by atoms with Crippen LogP contribution in [0.15, 0.2) is 12.2 Å². The smallest absolute Gasteiger partial charge is 0.305 e. The summed E-state index contributed by atoms with van der Waals surface area (Å²) in [5.41, 5.74) is 0. The summed E-state index contributed by atoms with van der Waals surface area (Å²) in [4.78, 5) is 11.6. The molecule has 0 aromatic heterocycles. The molecule has 2 heterocycles. The van der Waals surface area contributed by atoms with Gasteiger partial charge in [0.15, 0.2) is 12.6 Å². The lowest BCUT2D eigenvalue weighted by atomic mass is 9.97. The number of allylic oxidation sites excluding steroid dienone is 2. The predicted molar refractivity (Wildman–Crippen MR) is 172 cm³/mol. The highest BCUT2D eigenvalue weighted by molar-refractivity contribution is 5.69. The van der Waals surface area contributed by atoms with Crippen LogP contribution in [0.25, 0.3) is 0 Å². The second kappa shape index (κ2) is 24.0. The van der Waals surface area contributed by atoms with E-state index in [2.05, 4.69) is 19.1 Å². The van der Waals surface area contributed by atoms with Crippen LogP contribution in [0.2, 0.25) is 0 Å². The van der Waals surface area contributed by atoms with Crippen molar-refractivity contribution in [1.82, 2.24) is 0 Å². The third-order valence-electron chi connectivity index (χ3n) is 8.74. The molecular formula is C34H62O13. The molecule has 47 heavy (non-hydrogen) atoms. The van der Waals surface area contributed by atoms with Gasteiger partial charge in [-0.25, -0.2) is 0 Å². The van der Waals surface area contributed by atoms with Crippen molar-refractivity contribution in [3.63, 3.8) is 0 Å². The minimum Gasteiger partial charge on any atom is -0.466 e. The van der Waals surface area contributed by atoms with Gasteiger partial charge in [0.25, 0.3) is 0 Å². The summed E-state index contributed by atoms with van der Waals surface area (Å²) in [6, 6.07) is 0. The van der Waals surface area contributed by atoms with Crippen LogP contribution in [0, 0.1) is 0 Å². The number of hydrogen-bond donors (Lipinski definition) is 7. The Labute approximate surface area is 279 Å². The van der Waals surface area contributed by atoms with Gasteiger partial charge in [0, 0.05) is 6.42 Å². The zero-order valence-electron chi connectivity index (χ0n) is 28.3. The lowest BCUT2D eigenvalue weighted by molar-refractivity contribution is -0.371. The molecule has 0 aromatic carbocycles. The van der Waals surface area contributed by atoms with Crippen LogP contribution >= 0.6 is 0 Å². The summed E-state index contributed by atoms with van der Waals surface area (Å²) in [7, 11) is 0. The molecule has 276 valence electrons. The third kappa shape index (κ3) is 15.0. The van der Waals surface area contributed by atoms with Gasteiger partial charge in [-0.05, 0) is 51.9 Å². The van der Waals surface area contributed by atoms with E-state index < -0.39 is 74.6 Å². The number of aliphatic hydroxyl groups is 7. The number of carbonyl (C=O) groups excluding carboxylic acids is 1. The van der Waals surface area contributed by atoms with Crippen LogP contribution in [0.4, 0.5) is 0 Å². The molecule has 2 aliphatic rings. The van der Waals surface area contributed by atoms with E-state index in [1.54, 1.807) is 0 Å². The van der Waals surface area contributed by atoms with Crippen LogP contribution in [0.3, 0.4) is 0 Å². The Kier molecular flexibility index (Phi) is 21.4. The summed E-state index contributed by atoms with van der Waals surface area (Å²) in [5, 5.41) is 70.8.